The molecule has 2 nitrogen and oxygen atoms in total. The Morgan fingerprint density at radius 1 is 1.64 bits per heavy atom. The average Bonchev–Trinajstić information content (AvgIpc) is 2.76. The summed E-state index contributed by atoms with van der Waals surface area (Å²) in [6, 6.07) is 0. The maximum atomic E-state index is 4.50. The van der Waals surface area contributed by atoms with Gasteiger partial charge in [-0.25, -0.2) is 0 Å². The lowest BCUT2D eigenvalue weighted by Crippen LogP contribution is -2.30. The van der Waals surface area contributed by atoms with Gasteiger partial charge >= 0.3 is 0 Å². The Morgan fingerprint density at radius 2 is 2.36 bits per heavy atom. The zero-order chi connectivity index (χ0) is 7.84. The molecule has 1 aliphatic carbocycles. The van der Waals surface area contributed by atoms with Gasteiger partial charge in [0.25, 0.3) is 0 Å². The highest BCUT2D eigenvalue weighted by atomic mass is 79.9. The predicted molar refractivity (Wildman–Crippen MR) is 49.8 cm³/mol. The third kappa shape index (κ3) is 1.48. The fraction of sp³-hybridized carbons (Fsp3) is 0.625. The Labute approximate surface area is 75.1 Å². The molecular formula is C8H11BrN2. The van der Waals surface area contributed by atoms with Crippen LogP contribution in [0.3, 0.4) is 0 Å². The third-order valence-electron chi connectivity index (χ3n) is 2.16. The van der Waals surface area contributed by atoms with Crippen LogP contribution in [0, 0.1) is 5.92 Å². The third-order valence-corrected chi connectivity index (χ3v) is 2.63. The van der Waals surface area contributed by atoms with Gasteiger partial charge in [-0.1, -0.05) is 0 Å². The molecule has 1 unspecified atom stereocenters. The molecule has 0 aromatic carbocycles. The van der Waals surface area contributed by atoms with Crippen LogP contribution in [0.4, 0.5) is 0 Å². The van der Waals surface area contributed by atoms with Crippen LogP contribution in [0.25, 0.3) is 0 Å². The van der Waals surface area contributed by atoms with E-state index >= 15 is 0 Å². The van der Waals surface area contributed by atoms with E-state index in [1.165, 1.54) is 12.8 Å². The Bertz CT molecular complexity index is 218. The molecule has 2 aliphatic rings. The quantitative estimate of drug-likeness (QED) is 0.652. The summed E-state index contributed by atoms with van der Waals surface area (Å²) in [6.45, 7) is 0. The molecule has 3 heteroatoms. The maximum Gasteiger partial charge on any atom is 0.124 e. The van der Waals surface area contributed by atoms with Crippen molar-refractivity contribution in [1.82, 2.24) is 4.90 Å². The van der Waals surface area contributed by atoms with Crippen molar-refractivity contribution in [3.8, 4) is 0 Å². The Kier molecular flexibility index (Phi) is 1.75. The first-order chi connectivity index (χ1) is 5.27. The normalized spacial score (nSPS) is 30.5. The molecule has 0 spiro atoms. The van der Waals surface area contributed by atoms with Gasteiger partial charge in [0.05, 0.1) is 0 Å². The fourth-order valence-corrected chi connectivity index (χ4v) is 1.69. The van der Waals surface area contributed by atoms with Crippen molar-refractivity contribution < 1.29 is 0 Å². The van der Waals surface area contributed by atoms with Crippen molar-refractivity contribution in [2.75, 3.05) is 7.05 Å². The van der Waals surface area contributed by atoms with E-state index in [1.807, 2.05) is 6.08 Å². The van der Waals surface area contributed by atoms with E-state index in [1.54, 1.807) is 0 Å². The van der Waals surface area contributed by atoms with E-state index < -0.39 is 0 Å². The summed E-state index contributed by atoms with van der Waals surface area (Å²) in [5.41, 5.74) is 0. The molecular weight excluding hydrogens is 204 g/mol. The minimum Gasteiger partial charge on any atom is -0.359 e. The highest BCUT2D eigenvalue weighted by Crippen LogP contribution is 2.36. The summed E-state index contributed by atoms with van der Waals surface area (Å²) in [6.07, 6.45) is 7.15. The van der Waals surface area contributed by atoms with Crippen LogP contribution in [0.2, 0.25) is 0 Å². The van der Waals surface area contributed by atoms with Gasteiger partial charge in [-0.05, 0) is 40.8 Å². The average molecular weight is 215 g/mol. The van der Waals surface area contributed by atoms with Gasteiger partial charge in [0, 0.05) is 13.2 Å². The van der Waals surface area contributed by atoms with Crippen LogP contribution >= 0.6 is 15.9 Å². The van der Waals surface area contributed by atoms with E-state index in [0.717, 1.165) is 10.5 Å². The molecule has 1 fully saturated rings. The second kappa shape index (κ2) is 2.63. The largest absolute Gasteiger partial charge is 0.359 e. The van der Waals surface area contributed by atoms with Crippen molar-refractivity contribution in [2.24, 2.45) is 10.9 Å². The maximum absolute atomic E-state index is 4.50. The molecule has 0 radical (unpaired) electrons. The van der Waals surface area contributed by atoms with Crippen molar-refractivity contribution in [1.29, 1.82) is 0 Å². The molecule has 0 amide bonds. The Hall–Kier alpha value is -0.310. The van der Waals surface area contributed by atoms with E-state index in [4.69, 9.17) is 0 Å². The second-order valence-electron chi connectivity index (χ2n) is 3.18. The summed E-state index contributed by atoms with van der Waals surface area (Å²) in [4.78, 5) is 6.68. The van der Waals surface area contributed by atoms with Gasteiger partial charge in [-0.15, -0.1) is 0 Å². The van der Waals surface area contributed by atoms with E-state index in [0.29, 0.717) is 6.17 Å². The standard InChI is InChI=1S/C8H11BrN2/c1-11-5-4-7(9)10-8(11)6-2-3-6/h4-6,8H,2-3H2,1H3. The van der Waals surface area contributed by atoms with Crippen LogP contribution in [-0.4, -0.2) is 22.7 Å². The Morgan fingerprint density at radius 3 is 3.00 bits per heavy atom. The predicted octanol–water partition coefficient (Wildman–Crippen LogP) is 1.98. The number of halogens is 1. The molecule has 0 saturated heterocycles. The van der Waals surface area contributed by atoms with Gasteiger partial charge in [0.15, 0.2) is 0 Å². The molecule has 11 heavy (non-hydrogen) atoms. The molecule has 1 heterocycles. The lowest BCUT2D eigenvalue weighted by Gasteiger charge is -2.25. The number of hydrogen-bond donors (Lipinski definition) is 0. The SMILES string of the molecule is CN1C=CC(Br)=NC1C1CC1. The van der Waals surface area contributed by atoms with Gasteiger partial charge in [0.2, 0.25) is 0 Å². The van der Waals surface area contributed by atoms with Crippen LogP contribution in [0.1, 0.15) is 12.8 Å². The second-order valence-corrected chi connectivity index (χ2v) is 4.00. The number of hydrogen-bond acceptors (Lipinski definition) is 2. The smallest absolute Gasteiger partial charge is 0.124 e. The number of rotatable bonds is 1. The topological polar surface area (TPSA) is 15.6 Å². The molecule has 1 aliphatic heterocycles. The van der Waals surface area contributed by atoms with Crippen molar-refractivity contribution in [3.05, 3.63) is 12.3 Å². The molecule has 0 aromatic rings. The summed E-state index contributed by atoms with van der Waals surface area (Å²) >= 11 is 3.39. The zero-order valence-corrected chi connectivity index (χ0v) is 8.08. The van der Waals surface area contributed by atoms with Crippen LogP contribution < -0.4 is 0 Å². The van der Waals surface area contributed by atoms with Gasteiger partial charge in [-0.2, -0.15) is 0 Å². The van der Waals surface area contributed by atoms with Gasteiger partial charge in [0.1, 0.15) is 10.8 Å². The van der Waals surface area contributed by atoms with E-state index in [2.05, 4.69) is 39.1 Å². The summed E-state index contributed by atoms with van der Waals surface area (Å²) < 4.78 is 0.979. The molecule has 0 bridgehead atoms. The van der Waals surface area contributed by atoms with Crippen LogP contribution in [0.15, 0.2) is 17.3 Å². The zero-order valence-electron chi connectivity index (χ0n) is 6.50. The van der Waals surface area contributed by atoms with Crippen LogP contribution in [-0.2, 0) is 0 Å². The van der Waals surface area contributed by atoms with Crippen molar-refractivity contribution in [3.63, 3.8) is 0 Å². The van der Waals surface area contributed by atoms with E-state index in [9.17, 15) is 0 Å². The molecule has 2 rings (SSSR count). The monoisotopic (exact) mass is 214 g/mol. The first-order valence-corrected chi connectivity index (χ1v) is 4.70. The van der Waals surface area contributed by atoms with Gasteiger partial charge < -0.3 is 4.90 Å². The molecule has 0 N–H and O–H groups in total. The summed E-state index contributed by atoms with van der Waals surface area (Å²) in [5.74, 6) is 0.803. The first-order valence-electron chi connectivity index (χ1n) is 3.91. The molecule has 60 valence electrons. The van der Waals surface area contributed by atoms with Crippen molar-refractivity contribution >= 4 is 20.6 Å². The van der Waals surface area contributed by atoms with Crippen LogP contribution in [0.5, 0.6) is 0 Å². The lowest BCUT2D eigenvalue weighted by molar-refractivity contribution is 0.304. The highest BCUT2D eigenvalue weighted by Gasteiger charge is 2.33. The lowest BCUT2D eigenvalue weighted by atomic mass is 10.3. The number of allylic oxidation sites excluding steroid dienone is 1. The Balaban J connectivity index is 2.12. The number of nitrogens with zero attached hydrogens (tertiary/aromatic N) is 2. The molecule has 0 aromatic heterocycles. The minimum absolute atomic E-state index is 0.398. The summed E-state index contributed by atoms with van der Waals surface area (Å²) in [5, 5.41) is 0. The first kappa shape index (κ1) is 7.35. The number of aliphatic imine (C=N–C) groups is 1. The highest BCUT2D eigenvalue weighted by molar-refractivity contribution is 9.18. The fourth-order valence-electron chi connectivity index (χ4n) is 1.36. The van der Waals surface area contributed by atoms with E-state index in [-0.39, 0.29) is 0 Å². The minimum atomic E-state index is 0.398. The van der Waals surface area contributed by atoms with Gasteiger partial charge in [-0.3, -0.25) is 4.99 Å². The van der Waals surface area contributed by atoms with Crippen molar-refractivity contribution in [2.45, 2.75) is 19.0 Å². The molecule has 1 atom stereocenters. The summed E-state index contributed by atoms with van der Waals surface area (Å²) in [7, 11) is 2.09. The molecule has 1 saturated carbocycles.